The van der Waals surface area contributed by atoms with Gasteiger partial charge in [-0.15, -0.1) is 0 Å². The molecule has 2 aromatic carbocycles. The normalized spacial score (nSPS) is 23.0. The maximum atomic E-state index is 12.8. The van der Waals surface area contributed by atoms with E-state index >= 15 is 0 Å². The largest absolute Gasteiger partial charge is 0.294 e. The molecule has 0 amide bonds. The molecule has 0 aromatic heterocycles. The number of Topliss-reactive ketones (excluding diaryl/α,β-unsaturated/α-hetero) is 1. The van der Waals surface area contributed by atoms with E-state index in [-0.39, 0.29) is 5.92 Å². The first-order valence-electron chi connectivity index (χ1n) is 8.97. The molecule has 0 N–H and O–H groups in total. The van der Waals surface area contributed by atoms with Crippen LogP contribution < -0.4 is 0 Å². The van der Waals surface area contributed by atoms with Crippen molar-refractivity contribution in [2.75, 3.05) is 0 Å². The van der Waals surface area contributed by atoms with E-state index in [1.807, 2.05) is 6.07 Å². The highest BCUT2D eigenvalue weighted by Crippen LogP contribution is 2.35. The van der Waals surface area contributed by atoms with Gasteiger partial charge in [-0.3, -0.25) is 4.79 Å². The fraction of sp³-hybridized carbons (Fsp3) is 0.348. The molecule has 1 fully saturated rings. The van der Waals surface area contributed by atoms with Gasteiger partial charge in [0.2, 0.25) is 0 Å². The van der Waals surface area contributed by atoms with Crippen molar-refractivity contribution in [1.82, 2.24) is 0 Å². The third-order valence-electron chi connectivity index (χ3n) is 5.21. The highest BCUT2D eigenvalue weighted by atomic mass is 16.1. The lowest BCUT2D eigenvalue weighted by Gasteiger charge is -2.30. The summed E-state index contributed by atoms with van der Waals surface area (Å²) in [4.78, 5) is 12.8. The second-order valence-corrected chi connectivity index (χ2v) is 7.28. The van der Waals surface area contributed by atoms with Crippen molar-refractivity contribution in [3.8, 4) is 11.1 Å². The van der Waals surface area contributed by atoms with Crippen LogP contribution in [0.2, 0.25) is 0 Å². The molecular formula is C23H26O. The van der Waals surface area contributed by atoms with Gasteiger partial charge in [-0.05, 0) is 53.0 Å². The molecule has 1 aliphatic rings. The summed E-state index contributed by atoms with van der Waals surface area (Å²) in [5.41, 5.74) is 4.56. The van der Waals surface area contributed by atoms with Crippen molar-refractivity contribution in [3.63, 3.8) is 0 Å². The van der Waals surface area contributed by atoms with Gasteiger partial charge in [-0.2, -0.15) is 0 Å². The summed E-state index contributed by atoms with van der Waals surface area (Å²) >= 11 is 0. The maximum Gasteiger partial charge on any atom is 0.162 e. The fourth-order valence-electron chi connectivity index (χ4n) is 3.60. The monoisotopic (exact) mass is 318 g/mol. The van der Waals surface area contributed by atoms with Gasteiger partial charge in [0.15, 0.2) is 5.78 Å². The zero-order valence-corrected chi connectivity index (χ0v) is 14.8. The molecule has 1 aliphatic carbocycles. The van der Waals surface area contributed by atoms with Gasteiger partial charge < -0.3 is 0 Å². The zero-order valence-electron chi connectivity index (χ0n) is 14.8. The van der Waals surface area contributed by atoms with E-state index in [1.54, 1.807) is 0 Å². The lowest BCUT2D eigenvalue weighted by molar-refractivity contribution is -0.122. The SMILES string of the molecule is CC1CCC(C(C)C)C(=O)C1=Cc1ccc(-c2ccccc2)cc1. The molecule has 0 aliphatic heterocycles. The molecule has 0 heterocycles. The Morgan fingerprint density at radius 1 is 0.917 bits per heavy atom. The van der Waals surface area contributed by atoms with Crippen molar-refractivity contribution < 1.29 is 4.79 Å². The standard InChI is InChI=1S/C23H26O/c1-16(2)21-14-9-17(3)22(23(21)24)15-18-10-12-20(13-11-18)19-7-5-4-6-8-19/h4-8,10-13,15-17,21H,9,14H2,1-3H3. The molecule has 2 atom stereocenters. The van der Waals surface area contributed by atoms with Crippen LogP contribution in [0.1, 0.15) is 39.2 Å². The number of benzene rings is 2. The van der Waals surface area contributed by atoms with E-state index in [0.29, 0.717) is 17.6 Å². The summed E-state index contributed by atoms with van der Waals surface area (Å²) < 4.78 is 0. The third-order valence-corrected chi connectivity index (χ3v) is 5.21. The summed E-state index contributed by atoms with van der Waals surface area (Å²) in [6, 6.07) is 18.9. The van der Waals surface area contributed by atoms with E-state index in [2.05, 4.69) is 75.4 Å². The second-order valence-electron chi connectivity index (χ2n) is 7.28. The highest BCUT2D eigenvalue weighted by molar-refractivity contribution is 6.02. The van der Waals surface area contributed by atoms with Crippen LogP contribution in [0, 0.1) is 17.8 Å². The Hall–Kier alpha value is -2.15. The van der Waals surface area contributed by atoms with E-state index in [1.165, 1.54) is 11.1 Å². The summed E-state index contributed by atoms with van der Waals surface area (Å²) in [6.45, 7) is 6.49. The second kappa shape index (κ2) is 7.17. The number of hydrogen-bond donors (Lipinski definition) is 0. The van der Waals surface area contributed by atoms with E-state index in [4.69, 9.17) is 0 Å². The van der Waals surface area contributed by atoms with Crippen molar-refractivity contribution >= 4 is 11.9 Å². The summed E-state index contributed by atoms with van der Waals surface area (Å²) in [6.07, 6.45) is 4.25. The maximum absolute atomic E-state index is 12.8. The number of ketones is 1. The molecule has 0 spiro atoms. The predicted molar refractivity (Wildman–Crippen MR) is 102 cm³/mol. The van der Waals surface area contributed by atoms with Crippen molar-refractivity contribution in [1.29, 1.82) is 0 Å². The van der Waals surface area contributed by atoms with Crippen LogP contribution in [0.15, 0.2) is 60.2 Å². The van der Waals surface area contributed by atoms with E-state index < -0.39 is 0 Å². The first-order valence-corrected chi connectivity index (χ1v) is 8.97. The van der Waals surface area contributed by atoms with Gasteiger partial charge in [0, 0.05) is 5.92 Å². The highest BCUT2D eigenvalue weighted by Gasteiger charge is 2.32. The summed E-state index contributed by atoms with van der Waals surface area (Å²) in [5, 5.41) is 0. The van der Waals surface area contributed by atoms with Gasteiger partial charge >= 0.3 is 0 Å². The minimum Gasteiger partial charge on any atom is -0.294 e. The number of carbonyl (C=O) groups excluding carboxylic acids is 1. The van der Waals surface area contributed by atoms with Crippen molar-refractivity contribution in [2.45, 2.75) is 33.6 Å². The van der Waals surface area contributed by atoms with Gasteiger partial charge in [-0.25, -0.2) is 0 Å². The Morgan fingerprint density at radius 3 is 2.17 bits per heavy atom. The van der Waals surface area contributed by atoms with Gasteiger partial charge in [0.25, 0.3) is 0 Å². The summed E-state index contributed by atoms with van der Waals surface area (Å²) in [7, 11) is 0. The summed E-state index contributed by atoms with van der Waals surface area (Å²) in [5.74, 6) is 1.34. The third kappa shape index (κ3) is 3.51. The Morgan fingerprint density at radius 2 is 1.54 bits per heavy atom. The average Bonchev–Trinajstić information content (AvgIpc) is 2.59. The molecule has 2 aromatic rings. The van der Waals surface area contributed by atoms with Crippen LogP contribution in [-0.2, 0) is 4.79 Å². The van der Waals surface area contributed by atoms with Crippen LogP contribution in [0.3, 0.4) is 0 Å². The number of hydrogen-bond acceptors (Lipinski definition) is 1. The van der Waals surface area contributed by atoms with Crippen molar-refractivity contribution in [3.05, 3.63) is 65.7 Å². The quantitative estimate of drug-likeness (QED) is 0.633. The molecule has 1 nitrogen and oxygen atoms in total. The van der Waals surface area contributed by atoms with Crippen LogP contribution >= 0.6 is 0 Å². The van der Waals surface area contributed by atoms with E-state index in [9.17, 15) is 4.79 Å². The lowest BCUT2D eigenvalue weighted by Crippen LogP contribution is -2.30. The average molecular weight is 318 g/mol. The van der Waals surface area contributed by atoms with Crippen molar-refractivity contribution in [2.24, 2.45) is 17.8 Å². The molecule has 0 bridgehead atoms. The molecule has 24 heavy (non-hydrogen) atoms. The molecule has 1 saturated carbocycles. The van der Waals surface area contributed by atoms with Gasteiger partial charge in [0.05, 0.1) is 0 Å². The minimum absolute atomic E-state index is 0.191. The Labute approximate surface area is 145 Å². The lowest BCUT2D eigenvalue weighted by atomic mass is 9.73. The molecule has 0 saturated heterocycles. The molecule has 3 rings (SSSR count). The first kappa shape index (κ1) is 16.7. The Bertz CT molecular complexity index is 722. The minimum atomic E-state index is 0.191. The van der Waals surface area contributed by atoms with Crippen LogP contribution in [0.4, 0.5) is 0 Å². The van der Waals surface area contributed by atoms with Crippen LogP contribution in [-0.4, -0.2) is 5.78 Å². The number of allylic oxidation sites excluding steroid dienone is 1. The van der Waals surface area contributed by atoms with Crippen LogP contribution in [0.25, 0.3) is 17.2 Å². The number of carbonyl (C=O) groups is 1. The zero-order chi connectivity index (χ0) is 17.1. The van der Waals surface area contributed by atoms with Gasteiger partial charge in [0.1, 0.15) is 0 Å². The molecule has 0 radical (unpaired) electrons. The topological polar surface area (TPSA) is 17.1 Å². The molecular weight excluding hydrogens is 292 g/mol. The van der Waals surface area contributed by atoms with E-state index in [0.717, 1.165) is 24.0 Å². The Balaban J connectivity index is 1.86. The van der Waals surface area contributed by atoms with Crippen LogP contribution in [0.5, 0.6) is 0 Å². The smallest absolute Gasteiger partial charge is 0.162 e. The number of rotatable bonds is 3. The van der Waals surface area contributed by atoms with Gasteiger partial charge in [-0.1, -0.05) is 75.4 Å². The predicted octanol–water partition coefficient (Wildman–Crippen LogP) is 6.01. The molecule has 2 unspecified atom stereocenters. The fourth-order valence-corrected chi connectivity index (χ4v) is 3.60. The molecule has 1 heteroatoms. The first-order chi connectivity index (χ1) is 11.6. The molecule has 124 valence electrons. The Kier molecular flexibility index (Phi) is 4.99.